The van der Waals surface area contributed by atoms with Crippen LogP contribution in [0.2, 0.25) is 0 Å². The number of fused-ring (bicyclic) bond motifs is 5. The van der Waals surface area contributed by atoms with E-state index in [-0.39, 0.29) is 5.79 Å². The molecule has 0 aromatic rings. The molecule has 0 spiro atoms. The van der Waals surface area contributed by atoms with E-state index in [1.807, 2.05) is 19.8 Å². The minimum Gasteiger partial charge on any atom is -0.353 e. The standard InChI is InChI=1S/C23H38O2/c1-5-6-17-8-10-21-20-9-7-16-15-23(24-3,25-4)14-12-18(16)19(20)11-13-22(17,21)2/h6,16,18-21H,5,7-15H2,1-4H3/t16-,18+,19-,20-,21+,22-/m1/s1. The quantitative estimate of drug-likeness (QED) is 0.463. The zero-order chi connectivity index (χ0) is 17.7. The molecule has 0 aliphatic heterocycles. The highest BCUT2D eigenvalue weighted by atomic mass is 16.7. The van der Waals surface area contributed by atoms with Crippen LogP contribution >= 0.6 is 0 Å². The monoisotopic (exact) mass is 346 g/mol. The van der Waals surface area contributed by atoms with E-state index in [0.29, 0.717) is 5.41 Å². The SMILES string of the molecule is CCC=C1CC[C@H]2[C@@H]3CC[C@@H]4CC(OC)(OC)CC[C@@H]4[C@H]3CC[C@]12C. The van der Waals surface area contributed by atoms with Gasteiger partial charge in [0.25, 0.3) is 0 Å². The van der Waals surface area contributed by atoms with E-state index in [4.69, 9.17) is 9.47 Å². The molecule has 2 heteroatoms. The lowest BCUT2D eigenvalue weighted by Gasteiger charge is -2.56. The number of rotatable bonds is 3. The molecular weight excluding hydrogens is 308 g/mol. The van der Waals surface area contributed by atoms with Crippen LogP contribution in [0.25, 0.3) is 0 Å². The third kappa shape index (κ3) is 2.74. The molecule has 4 fully saturated rings. The van der Waals surface area contributed by atoms with Crippen LogP contribution in [0.4, 0.5) is 0 Å². The minimum atomic E-state index is -0.290. The summed E-state index contributed by atoms with van der Waals surface area (Å²) in [6, 6.07) is 0. The van der Waals surface area contributed by atoms with E-state index in [2.05, 4.69) is 19.9 Å². The smallest absolute Gasteiger partial charge is 0.167 e. The van der Waals surface area contributed by atoms with Gasteiger partial charge in [0.15, 0.2) is 5.79 Å². The molecule has 4 rings (SSSR count). The molecule has 4 saturated carbocycles. The van der Waals surface area contributed by atoms with Crippen molar-refractivity contribution in [3.05, 3.63) is 11.6 Å². The van der Waals surface area contributed by atoms with E-state index in [9.17, 15) is 0 Å². The van der Waals surface area contributed by atoms with Gasteiger partial charge in [0.2, 0.25) is 0 Å². The van der Waals surface area contributed by atoms with Crippen LogP contribution in [0, 0.1) is 35.0 Å². The van der Waals surface area contributed by atoms with Gasteiger partial charge in [0.05, 0.1) is 0 Å². The van der Waals surface area contributed by atoms with Gasteiger partial charge in [-0.15, -0.1) is 0 Å². The average Bonchev–Trinajstić information content (AvgIpc) is 2.98. The Bertz CT molecular complexity index is 520. The Morgan fingerprint density at radius 2 is 1.72 bits per heavy atom. The lowest BCUT2D eigenvalue weighted by molar-refractivity contribution is -0.246. The normalized spacial score (nSPS) is 47.2. The van der Waals surface area contributed by atoms with Crippen molar-refractivity contribution < 1.29 is 9.47 Å². The van der Waals surface area contributed by atoms with Gasteiger partial charge in [0.1, 0.15) is 0 Å². The maximum atomic E-state index is 5.81. The fourth-order valence-electron chi connectivity index (χ4n) is 7.71. The van der Waals surface area contributed by atoms with Gasteiger partial charge in [-0.3, -0.25) is 0 Å². The molecule has 2 nitrogen and oxygen atoms in total. The molecule has 0 aromatic heterocycles. The second kappa shape index (κ2) is 6.68. The molecule has 0 amide bonds. The Hall–Kier alpha value is -0.340. The van der Waals surface area contributed by atoms with Crippen LogP contribution in [0.15, 0.2) is 11.6 Å². The van der Waals surface area contributed by atoms with E-state index in [0.717, 1.165) is 42.4 Å². The summed E-state index contributed by atoms with van der Waals surface area (Å²) in [5, 5.41) is 0. The fraction of sp³-hybridized carbons (Fsp3) is 0.913. The first-order valence-corrected chi connectivity index (χ1v) is 10.9. The molecule has 0 radical (unpaired) electrons. The Kier molecular flexibility index (Phi) is 4.82. The van der Waals surface area contributed by atoms with Gasteiger partial charge < -0.3 is 9.47 Å². The van der Waals surface area contributed by atoms with Crippen molar-refractivity contribution in [2.45, 2.75) is 83.8 Å². The lowest BCUT2D eigenvalue weighted by Crippen LogP contribution is -2.51. The highest BCUT2D eigenvalue weighted by Gasteiger charge is 2.56. The molecule has 0 N–H and O–H groups in total. The van der Waals surface area contributed by atoms with Crippen molar-refractivity contribution in [3.8, 4) is 0 Å². The first-order chi connectivity index (χ1) is 12.1. The van der Waals surface area contributed by atoms with Crippen molar-refractivity contribution in [3.63, 3.8) is 0 Å². The summed E-state index contributed by atoms with van der Waals surface area (Å²) in [7, 11) is 3.67. The van der Waals surface area contributed by atoms with Gasteiger partial charge in [-0.25, -0.2) is 0 Å². The van der Waals surface area contributed by atoms with Crippen LogP contribution in [0.3, 0.4) is 0 Å². The maximum Gasteiger partial charge on any atom is 0.167 e. The van der Waals surface area contributed by atoms with Crippen LogP contribution in [0.5, 0.6) is 0 Å². The molecule has 0 aromatic carbocycles. The van der Waals surface area contributed by atoms with Crippen LogP contribution < -0.4 is 0 Å². The number of ether oxygens (including phenoxy) is 2. The average molecular weight is 347 g/mol. The van der Waals surface area contributed by atoms with Gasteiger partial charge in [0, 0.05) is 27.1 Å². The molecule has 0 unspecified atom stereocenters. The highest BCUT2D eigenvalue weighted by Crippen LogP contribution is 2.64. The van der Waals surface area contributed by atoms with Crippen molar-refractivity contribution in [1.82, 2.24) is 0 Å². The largest absolute Gasteiger partial charge is 0.353 e. The van der Waals surface area contributed by atoms with Crippen molar-refractivity contribution in [1.29, 1.82) is 0 Å². The number of methoxy groups -OCH3 is 2. The third-order valence-electron chi connectivity index (χ3n) is 8.99. The summed E-state index contributed by atoms with van der Waals surface area (Å²) in [4.78, 5) is 0. The highest BCUT2D eigenvalue weighted by molar-refractivity contribution is 5.23. The number of allylic oxidation sites excluding steroid dienone is 2. The maximum absolute atomic E-state index is 5.81. The van der Waals surface area contributed by atoms with Crippen LogP contribution in [0.1, 0.15) is 78.1 Å². The molecule has 25 heavy (non-hydrogen) atoms. The summed E-state index contributed by atoms with van der Waals surface area (Å²) in [6.45, 7) is 4.91. The zero-order valence-corrected chi connectivity index (χ0v) is 16.9. The fourth-order valence-corrected chi connectivity index (χ4v) is 7.71. The molecule has 4 aliphatic rings. The van der Waals surface area contributed by atoms with Gasteiger partial charge in [-0.2, -0.15) is 0 Å². The Balaban J connectivity index is 1.53. The Morgan fingerprint density at radius 1 is 0.960 bits per heavy atom. The van der Waals surface area contributed by atoms with Gasteiger partial charge in [-0.1, -0.05) is 25.5 Å². The van der Waals surface area contributed by atoms with E-state index in [1.165, 1.54) is 51.4 Å². The molecule has 0 heterocycles. The molecule has 142 valence electrons. The summed E-state index contributed by atoms with van der Waals surface area (Å²) < 4.78 is 11.6. The summed E-state index contributed by atoms with van der Waals surface area (Å²) in [5.74, 6) is 4.39. The lowest BCUT2D eigenvalue weighted by atomic mass is 9.50. The summed E-state index contributed by atoms with van der Waals surface area (Å²) in [6.07, 6.45) is 15.9. The van der Waals surface area contributed by atoms with E-state index in [1.54, 1.807) is 0 Å². The molecule has 0 saturated heterocycles. The van der Waals surface area contributed by atoms with E-state index < -0.39 is 0 Å². The second-order valence-electron chi connectivity index (χ2n) is 9.63. The van der Waals surface area contributed by atoms with E-state index >= 15 is 0 Å². The Labute approximate surface area is 154 Å². The topological polar surface area (TPSA) is 18.5 Å². The molecule has 0 bridgehead atoms. The molecular formula is C23H38O2. The van der Waals surface area contributed by atoms with Gasteiger partial charge >= 0.3 is 0 Å². The summed E-state index contributed by atoms with van der Waals surface area (Å²) >= 11 is 0. The predicted molar refractivity (Wildman–Crippen MR) is 102 cm³/mol. The predicted octanol–water partition coefficient (Wildman–Crippen LogP) is 5.96. The first-order valence-electron chi connectivity index (χ1n) is 10.9. The molecule has 4 aliphatic carbocycles. The summed E-state index contributed by atoms with van der Waals surface area (Å²) in [5.41, 5.74) is 2.34. The van der Waals surface area contributed by atoms with Crippen LogP contribution in [-0.2, 0) is 9.47 Å². The third-order valence-corrected chi connectivity index (χ3v) is 8.99. The second-order valence-corrected chi connectivity index (χ2v) is 9.63. The van der Waals surface area contributed by atoms with Gasteiger partial charge in [-0.05, 0) is 86.4 Å². The Morgan fingerprint density at radius 3 is 2.44 bits per heavy atom. The number of hydrogen-bond donors (Lipinski definition) is 0. The first kappa shape index (κ1) is 18.0. The van der Waals surface area contributed by atoms with Crippen molar-refractivity contribution in [2.75, 3.05) is 14.2 Å². The minimum absolute atomic E-state index is 0.290. The van der Waals surface area contributed by atoms with Crippen molar-refractivity contribution >= 4 is 0 Å². The van der Waals surface area contributed by atoms with Crippen LogP contribution in [-0.4, -0.2) is 20.0 Å². The number of hydrogen-bond acceptors (Lipinski definition) is 2. The van der Waals surface area contributed by atoms with Crippen molar-refractivity contribution in [2.24, 2.45) is 35.0 Å². The molecule has 6 atom stereocenters. The zero-order valence-electron chi connectivity index (χ0n) is 16.9.